The van der Waals surface area contributed by atoms with Gasteiger partial charge in [-0.2, -0.15) is 0 Å². The summed E-state index contributed by atoms with van der Waals surface area (Å²) in [5.74, 6) is -0.960. The van der Waals surface area contributed by atoms with Gasteiger partial charge < -0.3 is 14.2 Å². The fourth-order valence-corrected chi connectivity index (χ4v) is 8.90. The van der Waals surface area contributed by atoms with Gasteiger partial charge in [-0.3, -0.25) is 14.4 Å². The zero-order chi connectivity index (χ0) is 51.4. The SMILES string of the molecule is CCCCC/C=C\C/C=C\C/C=C\C/C=C\C/C=C\CCC(=O)OC[C@H](COC(=O)CCCCCCCCCCCCCCCCC)OC(=O)CCCCCCCCCCCCCCCCCCCCC. The van der Waals surface area contributed by atoms with Crippen LogP contribution in [0.5, 0.6) is 0 Å². The van der Waals surface area contributed by atoms with Crippen LogP contribution in [-0.4, -0.2) is 37.2 Å². The van der Waals surface area contributed by atoms with Crippen molar-refractivity contribution >= 4 is 17.9 Å². The summed E-state index contributed by atoms with van der Waals surface area (Å²) in [6, 6.07) is 0. The zero-order valence-electron chi connectivity index (χ0n) is 47.2. The van der Waals surface area contributed by atoms with E-state index >= 15 is 0 Å². The van der Waals surface area contributed by atoms with Crippen LogP contribution in [-0.2, 0) is 28.6 Å². The van der Waals surface area contributed by atoms with E-state index in [9.17, 15) is 14.4 Å². The number of carbonyl (C=O) groups excluding carboxylic acids is 3. The first-order valence-electron chi connectivity index (χ1n) is 30.8. The number of hydrogen-bond acceptors (Lipinski definition) is 6. The van der Waals surface area contributed by atoms with Crippen LogP contribution in [0.2, 0.25) is 0 Å². The summed E-state index contributed by atoms with van der Waals surface area (Å²) in [5, 5.41) is 0. The number of rotatable bonds is 56. The van der Waals surface area contributed by atoms with E-state index in [0.717, 1.165) is 64.2 Å². The van der Waals surface area contributed by atoms with Gasteiger partial charge in [0.2, 0.25) is 0 Å². The van der Waals surface area contributed by atoms with E-state index in [0.29, 0.717) is 19.3 Å². The minimum absolute atomic E-state index is 0.0925. The van der Waals surface area contributed by atoms with Gasteiger partial charge in [0.25, 0.3) is 0 Å². The van der Waals surface area contributed by atoms with Crippen molar-refractivity contribution in [2.45, 2.75) is 322 Å². The molecule has 0 bridgehead atoms. The average Bonchev–Trinajstić information content (AvgIpc) is 3.37. The number of carbonyl (C=O) groups is 3. The first-order valence-corrected chi connectivity index (χ1v) is 30.8. The summed E-state index contributed by atoms with van der Waals surface area (Å²) in [5.41, 5.74) is 0. The Bertz CT molecular complexity index is 1280. The predicted molar refractivity (Wildman–Crippen MR) is 307 cm³/mol. The Labute approximate surface area is 440 Å². The molecule has 1 atom stereocenters. The van der Waals surface area contributed by atoms with Gasteiger partial charge in [-0.1, -0.05) is 300 Å². The second kappa shape index (κ2) is 59.7. The summed E-state index contributed by atoms with van der Waals surface area (Å²) >= 11 is 0. The van der Waals surface area contributed by atoms with Crippen molar-refractivity contribution in [3.63, 3.8) is 0 Å². The topological polar surface area (TPSA) is 78.9 Å². The molecule has 0 heterocycles. The van der Waals surface area contributed by atoms with Crippen LogP contribution >= 0.6 is 0 Å². The molecule has 0 amide bonds. The summed E-state index contributed by atoms with van der Waals surface area (Å²) < 4.78 is 16.8. The van der Waals surface area contributed by atoms with Gasteiger partial charge in [0.15, 0.2) is 6.10 Å². The first kappa shape index (κ1) is 68.1. The van der Waals surface area contributed by atoms with Gasteiger partial charge in [0.05, 0.1) is 0 Å². The first-order chi connectivity index (χ1) is 35.0. The van der Waals surface area contributed by atoms with E-state index in [1.54, 1.807) is 0 Å². The molecule has 0 N–H and O–H groups in total. The van der Waals surface area contributed by atoms with Gasteiger partial charge in [-0.05, 0) is 57.8 Å². The molecular weight excluding hydrogens is 877 g/mol. The Morgan fingerprint density at radius 3 is 0.873 bits per heavy atom. The minimum atomic E-state index is -0.801. The monoisotopic (exact) mass is 993 g/mol. The highest BCUT2D eigenvalue weighted by molar-refractivity contribution is 5.71. The van der Waals surface area contributed by atoms with Crippen LogP contribution in [0.4, 0.5) is 0 Å². The lowest BCUT2D eigenvalue weighted by molar-refractivity contribution is -0.166. The Hall–Kier alpha value is -2.89. The molecule has 71 heavy (non-hydrogen) atoms. The Morgan fingerprint density at radius 2 is 0.535 bits per heavy atom. The number of esters is 3. The highest BCUT2D eigenvalue weighted by atomic mass is 16.6. The van der Waals surface area contributed by atoms with Crippen LogP contribution in [0.15, 0.2) is 60.8 Å². The normalized spacial score (nSPS) is 12.4. The molecule has 0 aromatic rings. The molecule has 0 aromatic carbocycles. The Morgan fingerprint density at radius 1 is 0.282 bits per heavy atom. The molecular formula is C65H116O6. The van der Waals surface area contributed by atoms with Gasteiger partial charge in [-0.25, -0.2) is 0 Å². The van der Waals surface area contributed by atoms with Crippen molar-refractivity contribution < 1.29 is 28.6 Å². The molecule has 0 fully saturated rings. The largest absolute Gasteiger partial charge is 0.462 e. The van der Waals surface area contributed by atoms with E-state index in [1.807, 2.05) is 6.08 Å². The van der Waals surface area contributed by atoms with Crippen molar-refractivity contribution in [3.8, 4) is 0 Å². The maximum Gasteiger partial charge on any atom is 0.306 e. The molecule has 0 aliphatic carbocycles. The van der Waals surface area contributed by atoms with Crippen LogP contribution in [0.25, 0.3) is 0 Å². The molecule has 0 rings (SSSR count). The predicted octanol–water partition coefficient (Wildman–Crippen LogP) is 20.8. The fourth-order valence-electron chi connectivity index (χ4n) is 8.90. The number of allylic oxidation sites excluding steroid dienone is 10. The van der Waals surface area contributed by atoms with Crippen LogP contribution in [0.1, 0.15) is 316 Å². The van der Waals surface area contributed by atoms with Gasteiger partial charge in [0.1, 0.15) is 13.2 Å². The molecule has 0 aliphatic rings. The van der Waals surface area contributed by atoms with E-state index in [-0.39, 0.29) is 37.5 Å². The van der Waals surface area contributed by atoms with Crippen molar-refractivity contribution in [2.75, 3.05) is 13.2 Å². The third kappa shape index (κ3) is 57.9. The lowest BCUT2D eigenvalue weighted by Gasteiger charge is -2.18. The summed E-state index contributed by atoms with van der Waals surface area (Å²) in [7, 11) is 0. The van der Waals surface area contributed by atoms with Crippen LogP contribution < -0.4 is 0 Å². The van der Waals surface area contributed by atoms with Crippen LogP contribution in [0.3, 0.4) is 0 Å². The number of unbranched alkanes of at least 4 members (excludes halogenated alkanes) is 35. The fraction of sp³-hybridized carbons (Fsp3) is 0.800. The Balaban J connectivity index is 4.44. The highest BCUT2D eigenvalue weighted by Gasteiger charge is 2.19. The van der Waals surface area contributed by atoms with Gasteiger partial charge in [-0.15, -0.1) is 0 Å². The molecule has 6 nitrogen and oxygen atoms in total. The van der Waals surface area contributed by atoms with Crippen molar-refractivity contribution in [3.05, 3.63) is 60.8 Å². The number of hydrogen-bond donors (Lipinski definition) is 0. The van der Waals surface area contributed by atoms with E-state index in [2.05, 4.69) is 75.5 Å². The highest BCUT2D eigenvalue weighted by Crippen LogP contribution is 2.17. The van der Waals surface area contributed by atoms with Crippen molar-refractivity contribution in [1.82, 2.24) is 0 Å². The molecule has 0 aliphatic heterocycles. The van der Waals surface area contributed by atoms with E-state index < -0.39 is 6.10 Å². The van der Waals surface area contributed by atoms with Crippen molar-refractivity contribution in [1.29, 1.82) is 0 Å². The molecule has 0 spiro atoms. The van der Waals surface area contributed by atoms with Crippen molar-refractivity contribution in [2.24, 2.45) is 0 Å². The lowest BCUT2D eigenvalue weighted by Crippen LogP contribution is -2.30. The summed E-state index contributed by atoms with van der Waals surface area (Å²) in [4.78, 5) is 38.2. The second-order valence-electron chi connectivity index (χ2n) is 20.6. The van der Waals surface area contributed by atoms with E-state index in [4.69, 9.17) is 14.2 Å². The molecule has 412 valence electrons. The van der Waals surface area contributed by atoms with E-state index in [1.165, 1.54) is 205 Å². The quantitative estimate of drug-likeness (QED) is 0.0261. The molecule has 0 unspecified atom stereocenters. The summed E-state index contributed by atoms with van der Waals surface area (Å²) in [6.07, 6.45) is 75.1. The molecule has 0 saturated carbocycles. The Kier molecular flexibility index (Phi) is 57.2. The maximum absolute atomic E-state index is 12.9. The smallest absolute Gasteiger partial charge is 0.306 e. The number of ether oxygens (including phenoxy) is 3. The third-order valence-corrected chi connectivity index (χ3v) is 13.5. The van der Waals surface area contributed by atoms with Gasteiger partial charge >= 0.3 is 17.9 Å². The average molecular weight is 994 g/mol. The van der Waals surface area contributed by atoms with Crippen LogP contribution in [0, 0.1) is 0 Å². The molecule has 6 heteroatoms. The maximum atomic E-state index is 12.9. The molecule has 0 aromatic heterocycles. The molecule has 0 radical (unpaired) electrons. The van der Waals surface area contributed by atoms with Gasteiger partial charge in [0, 0.05) is 19.3 Å². The minimum Gasteiger partial charge on any atom is -0.462 e. The lowest BCUT2D eigenvalue weighted by atomic mass is 10.0. The third-order valence-electron chi connectivity index (χ3n) is 13.5. The second-order valence-corrected chi connectivity index (χ2v) is 20.6. The molecule has 0 saturated heterocycles. The standard InChI is InChI=1S/C65H116O6/c1-4-7-10-13-16-19-22-25-28-30-32-34-37-40-43-46-49-52-55-58-64(67)70-61-62(60-69-63(66)57-54-51-48-45-42-39-36-27-24-21-18-15-12-9-6-3)71-65(68)59-56-53-50-47-44-41-38-35-33-31-29-26-23-20-17-14-11-8-5-2/h16,19,25,28,32,34,40,43,49,52,62H,4-15,17-18,20-24,26-27,29-31,33,35-39,41-42,44-48,50-51,53-61H2,1-3H3/b19-16-,28-25-,34-32-,43-40-,52-49-/t62-/m0/s1. The zero-order valence-corrected chi connectivity index (χ0v) is 47.2. The summed E-state index contributed by atoms with van der Waals surface area (Å²) in [6.45, 7) is 6.60.